The van der Waals surface area contributed by atoms with Crippen LogP contribution in [-0.2, 0) is 20.2 Å². The maximum absolute atomic E-state index is 14.8. The van der Waals surface area contributed by atoms with Crippen molar-refractivity contribution in [1.29, 1.82) is 0 Å². The number of rotatable bonds is 9. The van der Waals surface area contributed by atoms with E-state index in [1.165, 1.54) is 29.2 Å². The van der Waals surface area contributed by atoms with Crippen molar-refractivity contribution in [3.63, 3.8) is 0 Å². The molecule has 2 aliphatic rings. The lowest BCUT2D eigenvalue weighted by Gasteiger charge is -2.48. The molecule has 47 heavy (non-hydrogen) atoms. The molecule has 2 fully saturated rings. The van der Waals surface area contributed by atoms with Gasteiger partial charge in [0.25, 0.3) is 15.9 Å². The molecule has 3 N–H and O–H groups in total. The maximum atomic E-state index is 14.8. The van der Waals surface area contributed by atoms with E-state index in [1.54, 1.807) is 6.07 Å². The average Bonchev–Trinajstić information content (AvgIpc) is 3.22. The molecule has 0 bridgehead atoms. The zero-order valence-corrected chi connectivity index (χ0v) is 29.8. The number of likely N-dealkylation sites (tertiary alicyclic amines) is 1. The van der Waals surface area contributed by atoms with Crippen molar-refractivity contribution in [2.24, 2.45) is 11.8 Å². The number of amides is 2. The number of nitrogens with zero attached hydrogens (tertiary/aromatic N) is 3. The molecule has 0 aliphatic carbocycles. The van der Waals surface area contributed by atoms with Crippen molar-refractivity contribution in [3.8, 4) is 0 Å². The lowest BCUT2D eigenvalue weighted by atomic mass is 9.75. The van der Waals surface area contributed by atoms with E-state index in [4.69, 9.17) is 4.74 Å². The van der Waals surface area contributed by atoms with Crippen molar-refractivity contribution in [1.82, 2.24) is 19.6 Å². The maximum Gasteiger partial charge on any atom is 0.407 e. The van der Waals surface area contributed by atoms with Crippen LogP contribution in [-0.4, -0.2) is 69.7 Å². The van der Waals surface area contributed by atoms with Crippen molar-refractivity contribution < 1.29 is 32.2 Å². The van der Waals surface area contributed by atoms with Gasteiger partial charge in [0.15, 0.2) is 5.03 Å². The van der Waals surface area contributed by atoms with E-state index in [0.717, 1.165) is 25.7 Å². The van der Waals surface area contributed by atoms with Gasteiger partial charge in [-0.25, -0.2) is 19.5 Å². The van der Waals surface area contributed by atoms with Crippen LogP contribution >= 0.6 is 0 Å². The summed E-state index contributed by atoms with van der Waals surface area (Å²) in [6, 6.07) is 7.08. The summed E-state index contributed by atoms with van der Waals surface area (Å²) < 4.78 is 49.6. The molecule has 2 atom stereocenters. The van der Waals surface area contributed by atoms with E-state index in [2.05, 4.69) is 43.0 Å². The summed E-state index contributed by atoms with van der Waals surface area (Å²) in [5.41, 5.74) is -1.75. The number of carboxylic acid groups (broad SMARTS) is 1. The van der Waals surface area contributed by atoms with Crippen LogP contribution in [0.25, 0.3) is 0 Å². The van der Waals surface area contributed by atoms with Crippen LogP contribution in [0, 0.1) is 17.8 Å². The number of pyridine rings is 2. The lowest BCUT2D eigenvalue weighted by molar-refractivity contribution is -0.174. The van der Waals surface area contributed by atoms with Gasteiger partial charge in [0.1, 0.15) is 5.82 Å². The Morgan fingerprint density at radius 1 is 1.04 bits per heavy atom. The monoisotopic (exact) mass is 675 g/mol. The van der Waals surface area contributed by atoms with E-state index >= 15 is 0 Å². The molecule has 2 saturated heterocycles. The summed E-state index contributed by atoms with van der Waals surface area (Å²) >= 11 is 0. The minimum atomic E-state index is -4.46. The number of carbonyl (C=O) groups excluding carboxylic acids is 1. The summed E-state index contributed by atoms with van der Waals surface area (Å²) in [4.78, 5) is 34.4. The highest BCUT2D eigenvalue weighted by Crippen LogP contribution is 2.42. The van der Waals surface area contributed by atoms with Crippen LogP contribution in [0.15, 0.2) is 35.4 Å². The summed E-state index contributed by atoms with van der Waals surface area (Å²) in [5, 5.41) is 12.8. The first-order valence-corrected chi connectivity index (χ1v) is 17.6. The first-order chi connectivity index (χ1) is 21.5. The molecular formula is C34H50FN5O6S. The molecule has 1 unspecified atom stereocenters. The number of hydrogen-bond acceptors (Lipinski definition) is 8. The Kier molecular flexibility index (Phi) is 10.1. The van der Waals surface area contributed by atoms with Gasteiger partial charge in [0, 0.05) is 29.2 Å². The minimum Gasteiger partial charge on any atom is -0.465 e. The molecular weight excluding hydrogens is 625 g/mol. The van der Waals surface area contributed by atoms with Crippen molar-refractivity contribution in [3.05, 3.63) is 47.5 Å². The molecule has 0 spiro atoms. The molecule has 2 aromatic heterocycles. The van der Waals surface area contributed by atoms with Gasteiger partial charge < -0.3 is 20.1 Å². The lowest BCUT2D eigenvalue weighted by Crippen LogP contribution is -2.49. The normalized spacial score (nSPS) is 21.7. The fraction of sp³-hybridized carbons (Fsp3) is 0.647. The molecule has 0 saturated carbocycles. The minimum absolute atomic E-state index is 0.124. The number of halogens is 1. The number of sulfonamides is 1. The number of nitrogens with one attached hydrogen (secondary N) is 2. The third kappa shape index (κ3) is 8.98. The molecule has 2 aromatic rings. The first kappa shape index (κ1) is 36.5. The van der Waals surface area contributed by atoms with Gasteiger partial charge in [-0.15, -0.1) is 0 Å². The van der Waals surface area contributed by atoms with E-state index in [0.29, 0.717) is 24.5 Å². The van der Waals surface area contributed by atoms with E-state index in [1.807, 2.05) is 39.3 Å². The third-order valence-corrected chi connectivity index (χ3v) is 10.4. The average molecular weight is 676 g/mol. The SMILES string of the molecule is CC1(C)CC(C(CC[C@@H]2CN(C(=O)O)C(C)(C)C2)Nc2cccc(S(=O)(=O)NC(=O)c3ccc(C(C)(C)C)nc3F)n2)CC(C)(C)O1. The predicted molar refractivity (Wildman–Crippen MR) is 177 cm³/mol. The summed E-state index contributed by atoms with van der Waals surface area (Å²) in [6.07, 6.45) is 2.81. The number of hydrogen-bond donors (Lipinski definition) is 3. The van der Waals surface area contributed by atoms with Gasteiger partial charge in [0.2, 0.25) is 5.95 Å². The second-order valence-electron chi connectivity index (χ2n) is 16.0. The van der Waals surface area contributed by atoms with E-state index in [-0.39, 0.29) is 29.1 Å². The van der Waals surface area contributed by atoms with Gasteiger partial charge in [-0.2, -0.15) is 12.8 Å². The van der Waals surface area contributed by atoms with Crippen molar-refractivity contribution in [2.45, 2.75) is 128 Å². The number of aromatic nitrogens is 2. The molecule has 260 valence electrons. The molecule has 2 aliphatic heterocycles. The number of carbonyl (C=O) groups is 2. The van der Waals surface area contributed by atoms with Gasteiger partial charge in [-0.05, 0) is 110 Å². The quantitative estimate of drug-likeness (QED) is 0.258. The van der Waals surface area contributed by atoms with Gasteiger partial charge >= 0.3 is 6.09 Å². The van der Waals surface area contributed by atoms with Crippen molar-refractivity contribution in [2.75, 3.05) is 11.9 Å². The number of anilines is 1. The Hall–Kier alpha value is -3.32. The highest BCUT2D eigenvalue weighted by Gasteiger charge is 2.44. The summed E-state index contributed by atoms with van der Waals surface area (Å²) in [5.74, 6) is -1.57. The third-order valence-electron chi connectivity index (χ3n) is 9.13. The summed E-state index contributed by atoms with van der Waals surface area (Å²) in [6.45, 7) is 18.1. The van der Waals surface area contributed by atoms with Gasteiger partial charge in [-0.1, -0.05) is 26.8 Å². The summed E-state index contributed by atoms with van der Waals surface area (Å²) in [7, 11) is -4.46. The van der Waals surface area contributed by atoms with Gasteiger partial charge in [-0.3, -0.25) is 4.79 Å². The van der Waals surface area contributed by atoms with Crippen molar-refractivity contribution >= 4 is 27.8 Å². The Morgan fingerprint density at radius 3 is 2.23 bits per heavy atom. The van der Waals surface area contributed by atoms with E-state index in [9.17, 15) is 27.5 Å². The predicted octanol–water partition coefficient (Wildman–Crippen LogP) is 6.35. The Morgan fingerprint density at radius 2 is 1.68 bits per heavy atom. The standard InChI is InChI=1S/C34H50FN5O6S/c1-31(2,3)25-16-14-23(28(35)37-25)29(41)39-47(44,45)27-12-10-11-26(38-27)36-24(22-18-33(6,7)46-34(8,9)19-22)15-13-21-17-32(4,5)40(20-21)30(42)43/h10-12,14,16,21-22,24H,13,15,17-20H2,1-9H3,(H,36,38)(H,39,41)(H,42,43)/t21-,24?/m0/s1. The molecule has 0 radical (unpaired) electrons. The van der Waals surface area contributed by atoms with Crippen LogP contribution in [0.3, 0.4) is 0 Å². The largest absolute Gasteiger partial charge is 0.465 e. The molecule has 13 heteroatoms. The zero-order chi connectivity index (χ0) is 35.2. The Labute approximate surface area is 278 Å². The zero-order valence-electron chi connectivity index (χ0n) is 29.0. The van der Waals surface area contributed by atoms with Crippen LogP contribution in [0.2, 0.25) is 0 Å². The van der Waals surface area contributed by atoms with E-state index < -0.39 is 49.5 Å². The highest BCUT2D eigenvalue weighted by molar-refractivity contribution is 7.90. The molecule has 4 heterocycles. The highest BCUT2D eigenvalue weighted by atomic mass is 32.2. The van der Waals surface area contributed by atoms with Crippen LogP contribution < -0.4 is 10.0 Å². The number of ether oxygens (including phenoxy) is 1. The molecule has 11 nitrogen and oxygen atoms in total. The smallest absolute Gasteiger partial charge is 0.407 e. The fourth-order valence-corrected chi connectivity index (χ4v) is 8.23. The van der Waals surface area contributed by atoms with Crippen LogP contribution in [0.5, 0.6) is 0 Å². The second-order valence-corrected chi connectivity index (χ2v) is 17.6. The Balaban J connectivity index is 1.55. The topological polar surface area (TPSA) is 151 Å². The van der Waals surface area contributed by atoms with Gasteiger partial charge in [0.05, 0.1) is 16.8 Å². The Bertz CT molecular complexity index is 1590. The van der Waals surface area contributed by atoms with Crippen LogP contribution in [0.4, 0.5) is 15.0 Å². The second kappa shape index (κ2) is 12.9. The molecule has 2 amide bonds. The molecule has 0 aromatic carbocycles. The fourth-order valence-electron chi connectivity index (χ4n) is 7.29. The molecule has 4 rings (SSSR count). The first-order valence-electron chi connectivity index (χ1n) is 16.2. The van der Waals surface area contributed by atoms with Crippen LogP contribution in [0.1, 0.15) is 110 Å².